The molecule has 2 rings (SSSR count). The molecule has 0 fully saturated rings. The van der Waals surface area contributed by atoms with E-state index in [2.05, 4.69) is 5.10 Å². The zero-order chi connectivity index (χ0) is 13.0. The third-order valence-corrected chi connectivity index (χ3v) is 3.36. The number of aryl methyl sites for hydroxylation is 1. The molecule has 1 unspecified atom stereocenters. The second-order valence-corrected chi connectivity index (χ2v) is 4.84. The number of benzene rings is 1. The van der Waals surface area contributed by atoms with Crippen LogP contribution >= 0.6 is 11.6 Å². The second kappa shape index (κ2) is 6.01. The Morgan fingerprint density at radius 3 is 2.50 bits per heavy atom. The second-order valence-electron chi connectivity index (χ2n) is 4.54. The molecule has 2 nitrogen and oxygen atoms in total. The molecule has 0 radical (unpaired) electrons. The van der Waals surface area contributed by atoms with Gasteiger partial charge in [0.2, 0.25) is 0 Å². The summed E-state index contributed by atoms with van der Waals surface area (Å²) in [7, 11) is 1.90. The monoisotopic (exact) mass is 266 g/mol. The van der Waals surface area contributed by atoms with E-state index in [-0.39, 0.29) is 5.82 Å². The quantitative estimate of drug-likeness (QED) is 0.760. The average molecular weight is 267 g/mol. The predicted octanol–water partition coefficient (Wildman–Crippen LogP) is 3.20. The summed E-state index contributed by atoms with van der Waals surface area (Å²) in [6.45, 7) is 0. The minimum atomic E-state index is -0.203. The van der Waals surface area contributed by atoms with E-state index in [1.54, 1.807) is 4.68 Å². The number of halogens is 2. The highest BCUT2D eigenvalue weighted by Crippen LogP contribution is 2.15. The van der Waals surface area contributed by atoms with Crippen LogP contribution in [0.4, 0.5) is 4.39 Å². The summed E-state index contributed by atoms with van der Waals surface area (Å²) in [5.74, 6) is 0.700. The molecule has 1 heterocycles. The van der Waals surface area contributed by atoms with Crippen molar-refractivity contribution in [3.8, 4) is 0 Å². The van der Waals surface area contributed by atoms with Crippen molar-refractivity contribution < 1.29 is 4.39 Å². The molecule has 1 atom stereocenters. The fraction of sp³-hybridized carbons (Fsp3) is 0.357. The summed E-state index contributed by atoms with van der Waals surface area (Å²) in [4.78, 5) is 0. The molecule has 0 aliphatic rings. The lowest BCUT2D eigenvalue weighted by molar-refractivity contribution is 0.566. The third-order valence-electron chi connectivity index (χ3n) is 2.92. The molecule has 18 heavy (non-hydrogen) atoms. The Morgan fingerprint density at radius 1 is 1.22 bits per heavy atom. The highest BCUT2D eigenvalue weighted by molar-refractivity contribution is 6.18. The van der Waals surface area contributed by atoms with Gasteiger partial charge in [-0.25, -0.2) is 4.39 Å². The Hall–Kier alpha value is -1.35. The van der Waals surface area contributed by atoms with Crippen molar-refractivity contribution in [2.24, 2.45) is 13.0 Å². The van der Waals surface area contributed by atoms with Gasteiger partial charge >= 0.3 is 0 Å². The van der Waals surface area contributed by atoms with Crippen molar-refractivity contribution in [2.45, 2.75) is 12.8 Å². The first-order valence-electron chi connectivity index (χ1n) is 5.96. The fourth-order valence-electron chi connectivity index (χ4n) is 2.00. The Bertz CT molecular complexity index is 493. The van der Waals surface area contributed by atoms with Crippen LogP contribution in [0, 0.1) is 11.7 Å². The molecule has 4 heteroatoms. The first kappa shape index (κ1) is 13.1. The van der Waals surface area contributed by atoms with Crippen molar-refractivity contribution in [2.75, 3.05) is 5.88 Å². The number of alkyl halides is 1. The Balaban J connectivity index is 1.99. The van der Waals surface area contributed by atoms with E-state index in [1.807, 2.05) is 31.4 Å². The molecule has 0 bridgehead atoms. The maximum Gasteiger partial charge on any atom is 0.123 e. The molecule has 1 aromatic heterocycles. The third kappa shape index (κ3) is 3.57. The first-order chi connectivity index (χ1) is 8.67. The molecule has 96 valence electrons. The fourth-order valence-corrected chi connectivity index (χ4v) is 2.22. The summed E-state index contributed by atoms with van der Waals surface area (Å²) in [5, 5.41) is 4.35. The van der Waals surface area contributed by atoms with Crippen LogP contribution in [0.2, 0.25) is 0 Å². The van der Waals surface area contributed by atoms with Gasteiger partial charge in [0.05, 0.1) is 5.69 Å². The van der Waals surface area contributed by atoms with Crippen LogP contribution in [-0.2, 0) is 19.9 Å². The number of nitrogens with zero attached hydrogens (tertiary/aromatic N) is 2. The van der Waals surface area contributed by atoms with Crippen molar-refractivity contribution >= 4 is 11.6 Å². The Labute approximate surface area is 111 Å². The minimum Gasteiger partial charge on any atom is -0.276 e. The molecular formula is C14H16ClFN2. The topological polar surface area (TPSA) is 17.8 Å². The molecule has 1 aromatic carbocycles. The predicted molar refractivity (Wildman–Crippen MR) is 71.2 cm³/mol. The van der Waals surface area contributed by atoms with Gasteiger partial charge in [0.15, 0.2) is 0 Å². The zero-order valence-electron chi connectivity index (χ0n) is 10.3. The lowest BCUT2D eigenvalue weighted by Gasteiger charge is -2.12. The van der Waals surface area contributed by atoms with Crippen LogP contribution in [0.3, 0.4) is 0 Å². The van der Waals surface area contributed by atoms with Gasteiger partial charge < -0.3 is 0 Å². The van der Waals surface area contributed by atoms with Crippen LogP contribution in [0.1, 0.15) is 11.3 Å². The van der Waals surface area contributed by atoms with Gasteiger partial charge in [-0.2, -0.15) is 5.10 Å². The summed E-state index contributed by atoms with van der Waals surface area (Å²) in [5.41, 5.74) is 2.16. The van der Waals surface area contributed by atoms with Crippen molar-refractivity contribution in [3.05, 3.63) is 53.6 Å². The van der Waals surface area contributed by atoms with Crippen molar-refractivity contribution in [1.29, 1.82) is 0 Å². The van der Waals surface area contributed by atoms with Gasteiger partial charge in [-0.15, -0.1) is 11.6 Å². The average Bonchev–Trinajstić information content (AvgIpc) is 2.77. The smallest absolute Gasteiger partial charge is 0.123 e. The molecule has 0 amide bonds. The lowest BCUT2D eigenvalue weighted by Crippen LogP contribution is -2.11. The van der Waals surface area contributed by atoms with Gasteiger partial charge in [0, 0.05) is 19.1 Å². The van der Waals surface area contributed by atoms with Gasteiger partial charge in [-0.1, -0.05) is 12.1 Å². The number of hydrogen-bond acceptors (Lipinski definition) is 1. The van der Waals surface area contributed by atoms with Crippen LogP contribution in [-0.4, -0.2) is 15.7 Å². The van der Waals surface area contributed by atoms with Gasteiger partial charge in [0.1, 0.15) is 5.82 Å². The summed E-state index contributed by atoms with van der Waals surface area (Å²) in [6.07, 6.45) is 3.63. The lowest BCUT2D eigenvalue weighted by atomic mass is 9.96. The van der Waals surface area contributed by atoms with Crippen LogP contribution < -0.4 is 0 Å². The van der Waals surface area contributed by atoms with E-state index in [0.29, 0.717) is 11.8 Å². The molecule has 0 aliphatic heterocycles. The molecule has 0 N–H and O–H groups in total. The highest BCUT2D eigenvalue weighted by Gasteiger charge is 2.11. The van der Waals surface area contributed by atoms with E-state index in [9.17, 15) is 4.39 Å². The number of rotatable bonds is 5. The largest absolute Gasteiger partial charge is 0.276 e. The molecular weight excluding hydrogens is 251 g/mol. The standard InChI is InChI=1S/C14H16ClFN2/c1-18-7-6-14(17-18)9-12(10-15)8-11-2-4-13(16)5-3-11/h2-7,12H,8-10H2,1H3. The zero-order valence-corrected chi connectivity index (χ0v) is 11.1. The van der Waals surface area contributed by atoms with Crippen LogP contribution in [0.15, 0.2) is 36.5 Å². The highest BCUT2D eigenvalue weighted by atomic mass is 35.5. The van der Waals surface area contributed by atoms with Crippen molar-refractivity contribution in [3.63, 3.8) is 0 Å². The maximum absolute atomic E-state index is 12.8. The maximum atomic E-state index is 12.8. The van der Waals surface area contributed by atoms with Gasteiger partial charge in [-0.3, -0.25) is 4.68 Å². The van der Waals surface area contributed by atoms with Crippen LogP contribution in [0.5, 0.6) is 0 Å². The summed E-state index contributed by atoms with van der Waals surface area (Å²) < 4.78 is 14.6. The van der Waals surface area contributed by atoms with E-state index in [4.69, 9.17) is 11.6 Å². The summed E-state index contributed by atoms with van der Waals surface area (Å²) >= 11 is 6.00. The van der Waals surface area contributed by atoms with Gasteiger partial charge in [0.25, 0.3) is 0 Å². The normalized spacial score (nSPS) is 12.6. The molecule has 2 aromatic rings. The van der Waals surface area contributed by atoms with Crippen LogP contribution in [0.25, 0.3) is 0 Å². The first-order valence-corrected chi connectivity index (χ1v) is 6.50. The number of aromatic nitrogens is 2. The van der Waals surface area contributed by atoms with E-state index in [1.165, 1.54) is 12.1 Å². The number of hydrogen-bond donors (Lipinski definition) is 0. The summed E-state index contributed by atoms with van der Waals surface area (Å²) in [6, 6.07) is 8.60. The van der Waals surface area contributed by atoms with E-state index in [0.717, 1.165) is 24.1 Å². The molecule has 0 spiro atoms. The molecule has 0 aliphatic carbocycles. The van der Waals surface area contributed by atoms with Crippen molar-refractivity contribution in [1.82, 2.24) is 9.78 Å². The molecule has 0 saturated carbocycles. The van der Waals surface area contributed by atoms with E-state index < -0.39 is 0 Å². The van der Waals surface area contributed by atoms with E-state index >= 15 is 0 Å². The van der Waals surface area contributed by atoms with Gasteiger partial charge in [-0.05, 0) is 42.5 Å². The molecule has 0 saturated heterocycles. The minimum absolute atomic E-state index is 0.203. The Kier molecular flexibility index (Phi) is 4.37. The SMILES string of the molecule is Cn1ccc(CC(CCl)Cc2ccc(F)cc2)n1. The Morgan fingerprint density at radius 2 is 1.94 bits per heavy atom.